The maximum absolute atomic E-state index is 6.58. The van der Waals surface area contributed by atoms with Gasteiger partial charge in [0.2, 0.25) is 0 Å². The third-order valence-electron chi connectivity index (χ3n) is 8.60. The molecule has 0 aliphatic carbocycles. The molecule has 4 nitrogen and oxygen atoms in total. The van der Waals surface area contributed by atoms with Crippen LogP contribution < -0.4 is 19.4 Å². The number of para-hydroxylation sites is 6. The third-order valence-corrected chi connectivity index (χ3v) is 9.73. The Hall–Kier alpha value is -5.91. The fourth-order valence-corrected chi connectivity index (χ4v) is 7.56. The van der Waals surface area contributed by atoms with E-state index in [1.807, 2.05) is 30.0 Å². The zero-order valence-electron chi connectivity index (χ0n) is 25.4. The lowest BCUT2D eigenvalue weighted by Gasteiger charge is -2.34. The van der Waals surface area contributed by atoms with E-state index in [1.165, 1.54) is 21.2 Å². The molecule has 0 amide bonds. The standard InChI is InChI=1S/C42H29N3OS/c1-3-13-30(14-4-1)43(32-23-25-33(26-24-32)45-37-18-8-11-21-41(37)47-42-22-12-9-19-38(42)45)34-27-28-36-40(29-34)46-39-20-10-7-17-35(39)44(36)31-15-5-2-6-16-31/h1-29H. The Morgan fingerprint density at radius 2 is 0.872 bits per heavy atom. The van der Waals surface area contributed by atoms with Gasteiger partial charge in [0.25, 0.3) is 0 Å². The van der Waals surface area contributed by atoms with Gasteiger partial charge in [-0.2, -0.15) is 0 Å². The van der Waals surface area contributed by atoms with Crippen molar-refractivity contribution < 1.29 is 4.74 Å². The van der Waals surface area contributed by atoms with E-state index in [0.717, 1.165) is 51.3 Å². The fraction of sp³-hybridized carbons (Fsp3) is 0. The molecular formula is C42H29N3OS. The second-order valence-electron chi connectivity index (χ2n) is 11.5. The Kier molecular flexibility index (Phi) is 6.69. The lowest BCUT2D eigenvalue weighted by atomic mass is 10.1. The van der Waals surface area contributed by atoms with Crippen LogP contribution in [0.25, 0.3) is 0 Å². The summed E-state index contributed by atoms with van der Waals surface area (Å²) >= 11 is 1.82. The smallest absolute Gasteiger partial charge is 0.153 e. The Morgan fingerprint density at radius 1 is 0.383 bits per heavy atom. The highest BCUT2D eigenvalue weighted by Crippen LogP contribution is 2.53. The third kappa shape index (κ3) is 4.80. The molecule has 9 rings (SSSR count). The summed E-state index contributed by atoms with van der Waals surface area (Å²) < 4.78 is 6.58. The van der Waals surface area contributed by atoms with Crippen LogP contribution in [0.3, 0.4) is 0 Å². The van der Waals surface area contributed by atoms with Gasteiger partial charge in [-0.1, -0.05) is 84.6 Å². The number of hydrogen-bond acceptors (Lipinski definition) is 5. The molecule has 7 aromatic rings. The van der Waals surface area contributed by atoms with Gasteiger partial charge in [-0.25, -0.2) is 0 Å². The second kappa shape index (κ2) is 11.5. The highest BCUT2D eigenvalue weighted by Gasteiger charge is 2.28. The summed E-state index contributed by atoms with van der Waals surface area (Å²) in [5, 5.41) is 0. The van der Waals surface area contributed by atoms with Crippen molar-refractivity contribution in [3.05, 3.63) is 176 Å². The Bertz CT molecular complexity index is 2170. The van der Waals surface area contributed by atoms with Gasteiger partial charge in [0.1, 0.15) is 0 Å². The van der Waals surface area contributed by atoms with Gasteiger partial charge in [0.15, 0.2) is 11.5 Å². The predicted molar refractivity (Wildman–Crippen MR) is 195 cm³/mol. The highest BCUT2D eigenvalue weighted by molar-refractivity contribution is 7.99. The fourth-order valence-electron chi connectivity index (χ4n) is 6.50. The maximum Gasteiger partial charge on any atom is 0.153 e. The molecule has 0 saturated heterocycles. The first-order valence-corrected chi connectivity index (χ1v) is 16.5. The van der Waals surface area contributed by atoms with E-state index in [2.05, 4.69) is 172 Å². The average Bonchev–Trinajstić information content (AvgIpc) is 3.14. The zero-order valence-corrected chi connectivity index (χ0v) is 26.2. The molecule has 0 saturated carbocycles. The SMILES string of the molecule is c1ccc(N(c2ccc(N3c4ccccc4Sc4ccccc43)cc2)c2ccc3c(c2)Oc2ccccc2N3c2ccccc2)cc1. The number of benzene rings is 7. The van der Waals surface area contributed by atoms with Gasteiger partial charge in [-0.3, -0.25) is 0 Å². The molecular weight excluding hydrogens is 595 g/mol. The van der Waals surface area contributed by atoms with Crippen molar-refractivity contribution in [2.24, 2.45) is 0 Å². The molecule has 0 N–H and O–H groups in total. The predicted octanol–water partition coefficient (Wildman–Crippen LogP) is 12.7. The summed E-state index contributed by atoms with van der Waals surface area (Å²) in [6.45, 7) is 0. The van der Waals surface area contributed by atoms with Crippen molar-refractivity contribution in [2.45, 2.75) is 9.79 Å². The summed E-state index contributed by atoms with van der Waals surface area (Å²) in [5.74, 6) is 1.64. The first-order valence-electron chi connectivity index (χ1n) is 15.7. The second-order valence-corrected chi connectivity index (χ2v) is 12.5. The quantitative estimate of drug-likeness (QED) is 0.189. The van der Waals surface area contributed by atoms with Gasteiger partial charge in [0, 0.05) is 44.3 Å². The van der Waals surface area contributed by atoms with Crippen LogP contribution in [0.2, 0.25) is 0 Å². The Morgan fingerprint density at radius 3 is 1.57 bits per heavy atom. The van der Waals surface area contributed by atoms with E-state index in [9.17, 15) is 0 Å². The Balaban J connectivity index is 1.14. The first kappa shape index (κ1) is 27.4. The minimum Gasteiger partial charge on any atom is -0.453 e. The topological polar surface area (TPSA) is 19.0 Å². The first-order chi connectivity index (χ1) is 23.3. The number of rotatable bonds is 5. The van der Waals surface area contributed by atoms with E-state index < -0.39 is 0 Å². The Labute approximate surface area is 278 Å². The zero-order chi connectivity index (χ0) is 31.2. The van der Waals surface area contributed by atoms with E-state index >= 15 is 0 Å². The van der Waals surface area contributed by atoms with Gasteiger partial charge in [-0.05, 0) is 97.1 Å². The average molecular weight is 624 g/mol. The van der Waals surface area contributed by atoms with Crippen LogP contribution in [0, 0.1) is 0 Å². The van der Waals surface area contributed by atoms with Crippen LogP contribution >= 0.6 is 11.8 Å². The molecule has 5 heteroatoms. The molecule has 2 aliphatic rings. The molecule has 0 spiro atoms. The van der Waals surface area contributed by atoms with Crippen molar-refractivity contribution in [3.8, 4) is 11.5 Å². The van der Waals surface area contributed by atoms with Crippen LogP contribution in [0.1, 0.15) is 0 Å². The minimum absolute atomic E-state index is 0.807. The molecule has 0 atom stereocenters. The molecule has 2 heterocycles. The molecule has 0 fully saturated rings. The van der Waals surface area contributed by atoms with Crippen molar-refractivity contribution in [1.82, 2.24) is 0 Å². The number of hydrogen-bond donors (Lipinski definition) is 0. The van der Waals surface area contributed by atoms with Gasteiger partial charge in [-0.15, -0.1) is 0 Å². The van der Waals surface area contributed by atoms with Gasteiger partial charge >= 0.3 is 0 Å². The van der Waals surface area contributed by atoms with E-state index in [4.69, 9.17) is 4.74 Å². The van der Waals surface area contributed by atoms with E-state index in [0.29, 0.717) is 0 Å². The minimum atomic E-state index is 0.807. The van der Waals surface area contributed by atoms with Crippen LogP contribution in [0.15, 0.2) is 186 Å². The number of fused-ring (bicyclic) bond motifs is 4. The van der Waals surface area contributed by atoms with Crippen molar-refractivity contribution >= 4 is 62.9 Å². The summed E-state index contributed by atoms with van der Waals surface area (Å²) in [6, 6.07) is 61.8. The van der Waals surface area contributed by atoms with E-state index in [-0.39, 0.29) is 0 Å². The molecule has 7 aromatic carbocycles. The number of ether oxygens (including phenoxy) is 1. The molecule has 0 radical (unpaired) electrons. The van der Waals surface area contributed by atoms with Crippen molar-refractivity contribution in [3.63, 3.8) is 0 Å². The van der Waals surface area contributed by atoms with Gasteiger partial charge < -0.3 is 19.4 Å². The van der Waals surface area contributed by atoms with Crippen molar-refractivity contribution in [2.75, 3.05) is 14.7 Å². The summed E-state index contributed by atoms with van der Waals surface area (Å²) in [7, 11) is 0. The van der Waals surface area contributed by atoms with Crippen LogP contribution in [-0.4, -0.2) is 0 Å². The molecule has 0 bridgehead atoms. The molecule has 224 valence electrons. The summed E-state index contributed by atoms with van der Waals surface area (Å²) in [5.41, 5.74) is 9.76. The summed E-state index contributed by atoms with van der Waals surface area (Å²) in [4.78, 5) is 9.42. The van der Waals surface area contributed by atoms with Crippen molar-refractivity contribution in [1.29, 1.82) is 0 Å². The van der Waals surface area contributed by atoms with Crippen LogP contribution in [-0.2, 0) is 0 Å². The molecule has 47 heavy (non-hydrogen) atoms. The van der Waals surface area contributed by atoms with Crippen LogP contribution in [0.5, 0.6) is 11.5 Å². The lowest BCUT2D eigenvalue weighted by molar-refractivity contribution is 0.477. The lowest BCUT2D eigenvalue weighted by Crippen LogP contribution is -2.17. The van der Waals surface area contributed by atoms with E-state index in [1.54, 1.807) is 0 Å². The number of nitrogens with zero attached hydrogens (tertiary/aromatic N) is 3. The van der Waals surface area contributed by atoms with Gasteiger partial charge in [0.05, 0.1) is 22.7 Å². The molecule has 0 unspecified atom stereocenters. The maximum atomic E-state index is 6.58. The molecule has 0 aromatic heterocycles. The largest absolute Gasteiger partial charge is 0.453 e. The monoisotopic (exact) mass is 623 g/mol. The van der Waals surface area contributed by atoms with Crippen LogP contribution in [0.4, 0.5) is 51.2 Å². The molecule has 2 aliphatic heterocycles. The number of anilines is 9. The normalized spacial score (nSPS) is 12.7. The highest BCUT2D eigenvalue weighted by atomic mass is 32.2. The summed E-state index contributed by atoms with van der Waals surface area (Å²) in [6.07, 6.45) is 0.